The minimum atomic E-state index is -0.533. The van der Waals surface area contributed by atoms with Gasteiger partial charge in [-0.05, 0) is 36.1 Å². The Balaban J connectivity index is 1.74. The molecule has 2 aromatic carbocycles. The second kappa shape index (κ2) is 7.64. The van der Waals surface area contributed by atoms with Crippen LogP contribution in [0.1, 0.15) is 25.1 Å². The van der Waals surface area contributed by atoms with Gasteiger partial charge in [-0.1, -0.05) is 37.3 Å². The first-order valence-corrected chi connectivity index (χ1v) is 9.97. The summed E-state index contributed by atoms with van der Waals surface area (Å²) in [5.74, 6) is 0.0513. The van der Waals surface area contributed by atoms with Gasteiger partial charge < -0.3 is 10.3 Å². The summed E-state index contributed by atoms with van der Waals surface area (Å²) in [5, 5.41) is 4.04. The van der Waals surface area contributed by atoms with Crippen LogP contribution in [0.2, 0.25) is 0 Å². The Labute approximate surface area is 176 Å². The number of H-pyrrole nitrogens is 1. The van der Waals surface area contributed by atoms with E-state index in [1.807, 2.05) is 43.3 Å². The van der Waals surface area contributed by atoms with Gasteiger partial charge in [0, 0.05) is 11.4 Å². The fourth-order valence-corrected chi connectivity index (χ4v) is 3.86. The van der Waals surface area contributed by atoms with Gasteiger partial charge in [0.2, 0.25) is 0 Å². The maximum absolute atomic E-state index is 14.6. The lowest BCUT2D eigenvalue weighted by molar-refractivity contribution is 0.635. The molecule has 0 amide bonds. The Kier molecular flexibility index (Phi) is 4.66. The molecule has 3 aromatic heterocycles. The van der Waals surface area contributed by atoms with Crippen LogP contribution in [0.5, 0.6) is 0 Å². The van der Waals surface area contributed by atoms with Gasteiger partial charge in [-0.15, -0.1) is 0 Å². The van der Waals surface area contributed by atoms with E-state index in [1.54, 1.807) is 23.0 Å². The number of hydrogen-bond donors (Lipinski definition) is 2. The Morgan fingerprint density at radius 1 is 1.10 bits per heavy atom. The topological polar surface area (TPSA) is 88.5 Å². The molecular formula is C23H19FN6O. The third kappa shape index (κ3) is 3.22. The highest BCUT2D eigenvalue weighted by atomic mass is 19.1. The van der Waals surface area contributed by atoms with Crippen molar-refractivity contribution < 1.29 is 4.39 Å². The number of aromatic amines is 1. The Hall–Kier alpha value is -4.07. The summed E-state index contributed by atoms with van der Waals surface area (Å²) in [6, 6.07) is 15.5. The van der Waals surface area contributed by atoms with Gasteiger partial charge in [-0.2, -0.15) is 0 Å². The molecule has 2 N–H and O–H groups in total. The Morgan fingerprint density at radius 2 is 1.94 bits per heavy atom. The van der Waals surface area contributed by atoms with Crippen LogP contribution >= 0.6 is 0 Å². The predicted molar refractivity (Wildman–Crippen MR) is 118 cm³/mol. The van der Waals surface area contributed by atoms with Crippen LogP contribution in [0.4, 0.5) is 10.2 Å². The van der Waals surface area contributed by atoms with Gasteiger partial charge in [0.1, 0.15) is 17.7 Å². The van der Waals surface area contributed by atoms with Gasteiger partial charge in [-0.25, -0.2) is 19.3 Å². The van der Waals surface area contributed by atoms with Crippen LogP contribution in [0.25, 0.3) is 27.6 Å². The molecule has 0 spiro atoms. The van der Waals surface area contributed by atoms with Crippen molar-refractivity contribution in [3.63, 3.8) is 0 Å². The number of imidazole rings is 1. The van der Waals surface area contributed by atoms with Gasteiger partial charge in [0.05, 0.1) is 17.8 Å². The lowest BCUT2D eigenvalue weighted by Crippen LogP contribution is -2.27. The molecule has 0 aliphatic carbocycles. The monoisotopic (exact) mass is 414 g/mol. The largest absolute Gasteiger partial charge is 0.360 e. The van der Waals surface area contributed by atoms with E-state index in [2.05, 4.69) is 25.3 Å². The van der Waals surface area contributed by atoms with Crippen molar-refractivity contribution >= 4 is 27.8 Å². The molecule has 5 aromatic rings. The average Bonchev–Trinajstić information content (AvgIpc) is 3.27. The standard InChI is InChI=1S/C23H19FN6O/c1-2-17(29-22-20-21(26-12-25-20)27-13-28-22)18-11-14-7-6-10-16(24)19(14)23(31)30(18)15-8-4-3-5-9-15/h3-13,17H,2H2,1H3,(H2,25,26,27,28,29). The second-order valence-electron chi connectivity index (χ2n) is 7.18. The molecule has 0 saturated heterocycles. The number of nitrogens with one attached hydrogen (secondary N) is 2. The molecule has 5 rings (SSSR count). The number of hydrogen-bond acceptors (Lipinski definition) is 5. The van der Waals surface area contributed by atoms with E-state index in [9.17, 15) is 9.18 Å². The van der Waals surface area contributed by atoms with Crippen molar-refractivity contribution in [1.29, 1.82) is 0 Å². The highest BCUT2D eigenvalue weighted by Gasteiger charge is 2.21. The number of pyridine rings is 1. The normalized spacial score (nSPS) is 12.3. The van der Waals surface area contributed by atoms with Crippen molar-refractivity contribution in [3.8, 4) is 5.69 Å². The summed E-state index contributed by atoms with van der Waals surface area (Å²) in [7, 11) is 0. The summed E-state index contributed by atoms with van der Waals surface area (Å²) in [6.07, 6.45) is 3.66. The molecule has 3 heterocycles. The van der Waals surface area contributed by atoms with E-state index in [0.717, 1.165) is 0 Å². The molecule has 0 radical (unpaired) electrons. The van der Waals surface area contributed by atoms with Crippen molar-refractivity contribution in [2.24, 2.45) is 0 Å². The number of benzene rings is 2. The van der Waals surface area contributed by atoms with Gasteiger partial charge in [0.25, 0.3) is 5.56 Å². The van der Waals surface area contributed by atoms with E-state index in [4.69, 9.17) is 0 Å². The number of para-hydroxylation sites is 1. The molecule has 0 bridgehead atoms. The molecule has 31 heavy (non-hydrogen) atoms. The summed E-state index contributed by atoms with van der Waals surface area (Å²) in [5.41, 5.74) is 2.21. The van der Waals surface area contributed by atoms with E-state index >= 15 is 0 Å². The molecule has 1 atom stereocenters. The summed E-state index contributed by atoms with van der Waals surface area (Å²) >= 11 is 0. The zero-order valence-corrected chi connectivity index (χ0v) is 16.7. The quantitative estimate of drug-likeness (QED) is 0.446. The van der Waals surface area contributed by atoms with E-state index in [-0.39, 0.29) is 11.4 Å². The highest BCUT2D eigenvalue weighted by molar-refractivity contribution is 5.84. The van der Waals surface area contributed by atoms with Gasteiger partial charge in [0.15, 0.2) is 11.5 Å². The maximum atomic E-state index is 14.6. The summed E-state index contributed by atoms with van der Waals surface area (Å²) in [4.78, 5) is 29.2. The number of anilines is 1. The number of halogens is 1. The SMILES string of the molecule is CCC(Nc1ncnc2nc[nH]c12)c1cc2cccc(F)c2c(=O)n1-c1ccccc1. The molecule has 7 nitrogen and oxygen atoms in total. The fourth-order valence-electron chi connectivity index (χ4n) is 3.86. The molecule has 154 valence electrons. The fraction of sp³-hybridized carbons (Fsp3) is 0.130. The molecular weight excluding hydrogens is 395 g/mol. The number of rotatable bonds is 5. The first-order chi connectivity index (χ1) is 15.2. The first-order valence-electron chi connectivity index (χ1n) is 9.97. The number of nitrogens with zero attached hydrogens (tertiary/aromatic N) is 4. The Morgan fingerprint density at radius 3 is 2.74 bits per heavy atom. The lowest BCUT2D eigenvalue weighted by Gasteiger charge is -2.23. The number of fused-ring (bicyclic) bond motifs is 2. The molecule has 0 saturated carbocycles. The molecule has 0 aliphatic rings. The minimum absolute atomic E-state index is 0.0722. The summed E-state index contributed by atoms with van der Waals surface area (Å²) < 4.78 is 16.2. The second-order valence-corrected chi connectivity index (χ2v) is 7.18. The maximum Gasteiger partial charge on any atom is 0.266 e. The molecule has 8 heteroatoms. The van der Waals surface area contributed by atoms with Crippen molar-refractivity contribution in [3.05, 3.63) is 89.1 Å². The van der Waals surface area contributed by atoms with Crippen LogP contribution in [0, 0.1) is 5.82 Å². The molecule has 1 unspecified atom stereocenters. The van der Waals surface area contributed by atoms with E-state index < -0.39 is 11.4 Å². The van der Waals surface area contributed by atoms with Gasteiger partial charge in [-0.3, -0.25) is 9.36 Å². The lowest BCUT2D eigenvalue weighted by atomic mass is 10.0. The van der Waals surface area contributed by atoms with Crippen molar-refractivity contribution in [2.45, 2.75) is 19.4 Å². The average molecular weight is 414 g/mol. The first kappa shape index (κ1) is 18.9. The van der Waals surface area contributed by atoms with E-state index in [0.29, 0.717) is 40.2 Å². The van der Waals surface area contributed by atoms with Crippen molar-refractivity contribution in [1.82, 2.24) is 24.5 Å². The Bertz CT molecular complexity index is 1440. The van der Waals surface area contributed by atoms with E-state index in [1.165, 1.54) is 12.4 Å². The van der Waals surface area contributed by atoms with Crippen LogP contribution in [0.15, 0.2) is 72.0 Å². The third-order valence-electron chi connectivity index (χ3n) is 5.34. The minimum Gasteiger partial charge on any atom is -0.360 e. The van der Waals surface area contributed by atoms with Crippen LogP contribution in [-0.4, -0.2) is 24.5 Å². The van der Waals surface area contributed by atoms with Crippen LogP contribution < -0.4 is 10.9 Å². The number of aromatic nitrogens is 5. The molecule has 0 fully saturated rings. The zero-order chi connectivity index (χ0) is 21.4. The van der Waals surface area contributed by atoms with Crippen LogP contribution in [0.3, 0.4) is 0 Å². The summed E-state index contributed by atoms with van der Waals surface area (Å²) in [6.45, 7) is 2.01. The van der Waals surface area contributed by atoms with Gasteiger partial charge >= 0.3 is 0 Å². The van der Waals surface area contributed by atoms with Crippen LogP contribution in [-0.2, 0) is 0 Å². The predicted octanol–water partition coefficient (Wildman–Crippen LogP) is 4.36. The molecule has 0 aliphatic heterocycles. The third-order valence-corrected chi connectivity index (χ3v) is 5.34. The smallest absolute Gasteiger partial charge is 0.266 e. The van der Waals surface area contributed by atoms with Crippen molar-refractivity contribution in [2.75, 3.05) is 5.32 Å². The zero-order valence-electron chi connectivity index (χ0n) is 16.7. The highest BCUT2D eigenvalue weighted by Crippen LogP contribution is 2.28.